The highest BCUT2D eigenvalue weighted by Crippen LogP contribution is 2.25. The van der Waals surface area contributed by atoms with Crippen molar-refractivity contribution in [3.8, 4) is 0 Å². The standard InChI is InChI=1S/C27H25N3O5S2/c1-3-35-26(32)20-10-13-23-24(16-20)36-27(29(23)2)28-25(31)19-8-11-22(12-9-19)37(33,34)30-15-14-18-6-4-5-7-21(18)17-30/h4-13,16H,3,14-15,17H2,1-2H3. The van der Waals surface area contributed by atoms with Crippen molar-refractivity contribution < 1.29 is 22.7 Å². The van der Waals surface area contributed by atoms with Gasteiger partial charge in [0.15, 0.2) is 4.80 Å². The third kappa shape index (κ3) is 4.87. The van der Waals surface area contributed by atoms with Gasteiger partial charge in [-0.25, -0.2) is 13.2 Å². The van der Waals surface area contributed by atoms with Crippen molar-refractivity contribution in [3.63, 3.8) is 0 Å². The highest BCUT2D eigenvalue weighted by molar-refractivity contribution is 7.89. The van der Waals surface area contributed by atoms with Gasteiger partial charge in [-0.1, -0.05) is 35.6 Å². The third-order valence-corrected chi connectivity index (χ3v) is 9.31. The monoisotopic (exact) mass is 535 g/mol. The molecular formula is C27H25N3O5S2. The van der Waals surface area contributed by atoms with E-state index >= 15 is 0 Å². The molecule has 1 amide bonds. The SMILES string of the molecule is CCOC(=O)c1ccc2c(c1)sc(=NC(=O)c1ccc(S(=O)(=O)N3CCc4ccccc4C3)cc1)n2C. The summed E-state index contributed by atoms with van der Waals surface area (Å²) in [6.07, 6.45) is 0.665. The van der Waals surface area contributed by atoms with E-state index in [-0.39, 0.29) is 17.1 Å². The summed E-state index contributed by atoms with van der Waals surface area (Å²) in [4.78, 5) is 29.8. The van der Waals surface area contributed by atoms with Crippen LogP contribution in [-0.2, 0) is 34.8 Å². The number of thiazole rings is 1. The number of amides is 1. The summed E-state index contributed by atoms with van der Waals surface area (Å²) in [6, 6.07) is 18.9. The summed E-state index contributed by atoms with van der Waals surface area (Å²) in [7, 11) is -1.90. The average molecular weight is 536 g/mol. The van der Waals surface area contributed by atoms with Gasteiger partial charge in [0.25, 0.3) is 5.91 Å². The minimum absolute atomic E-state index is 0.141. The molecule has 0 fully saturated rings. The average Bonchev–Trinajstić information content (AvgIpc) is 3.22. The quantitative estimate of drug-likeness (QED) is 0.361. The molecule has 0 atom stereocenters. The van der Waals surface area contributed by atoms with Crippen LogP contribution < -0.4 is 4.80 Å². The van der Waals surface area contributed by atoms with E-state index in [1.165, 1.54) is 45.5 Å². The van der Waals surface area contributed by atoms with Crippen LogP contribution in [0.1, 0.15) is 38.8 Å². The molecule has 5 rings (SSSR count). The molecule has 0 unspecified atom stereocenters. The Morgan fingerprint density at radius 2 is 1.70 bits per heavy atom. The van der Waals surface area contributed by atoms with Gasteiger partial charge >= 0.3 is 5.97 Å². The molecule has 0 spiro atoms. The van der Waals surface area contributed by atoms with Gasteiger partial charge in [0.2, 0.25) is 10.0 Å². The molecule has 0 aliphatic carbocycles. The molecule has 1 aliphatic rings. The minimum atomic E-state index is -3.69. The summed E-state index contributed by atoms with van der Waals surface area (Å²) < 4.78 is 35.5. The number of hydrogen-bond acceptors (Lipinski definition) is 6. The van der Waals surface area contributed by atoms with E-state index in [1.54, 1.807) is 36.7 Å². The lowest BCUT2D eigenvalue weighted by Crippen LogP contribution is -2.35. The van der Waals surface area contributed by atoms with Crippen LogP contribution in [0.3, 0.4) is 0 Å². The lowest BCUT2D eigenvalue weighted by Gasteiger charge is -2.28. The van der Waals surface area contributed by atoms with Crippen LogP contribution >= 0.6 is 11.3 Å². The molecule has 190 valence electrons. The zero-order valence-electron chi connectivity index (χ0n) is 20.4. The Bertz CT molecular complexity index is 1690. The zero-order chi connectivity index (χ0) is 26.2. The van der Waals surface area contributed by atoms with Gasteiger partial charge in [-0.15, -0.1) is 0 Å². The van der Waals surface area contributed by atoms with Crippen molar-refractivity contribution in [2.45, 2.75) is 24.8 Å². The van der Waals surface area contributed by atoms with Gasteiger partial charge in [-0.3, -0.25) is 4.79 Å². The molecule has 0 bridgehead atoms. The Morgan fingerprint density at radius 3 is 2.43 bits per heavy atom. The second kappa shape index (κ2) is 10.0. The maximum Gasteiger partial charge on any atom is 0.338 e. The van der Waals surface area contributed by atoms with Crippen molar-refractivity contribution in [3.05, 3.63) is 93.8 Å². The number of fused-ring (bicyclic) bond motifs is 2. The van der Waals surface area contributed by atoms with E-state index < -0.39 is 21.9 Å². The maximum atomic E-state index is 13.2. The molecule has 8 nitrogen and oxygen atoms in total. The molecule has 2 heterocycles. The van der Waals surface area contributed by atoms with E-state index in [9.17, 15) is 18.0 Å². The Labute approximate surface area is 218 Å². The van der Waals surface area contributed by atoms with Gasteiger partial charge < -0.3 is 9.30 Å². The highest BCUT2D eigenvalue weighted by atomic mass is 32.2. The molecule has 0 N–H and O–H groups in total. The van der Waals surface area contributed by atoms with Crippen molar-refractivity contribution in [2.75, 3.05) is 13.2 Å². The highest BCUT2D eigenvalue weighted by Gasteiger charge is 2.28. The number of nitrogens with zero attached hydrogens (tertiary/aromatic N) is 3. The summed E-state index contributed by atoms with van der Waals surface area (Å²) >= 11 is 1.28. The lowest BCUT2D eigenvalue weighted by atomic mass is 10.0. The Hall–Kier alpha value is -3.60. The minimum Gasteiger partial charge on any atom is -0.462 e. The number of sulfonamides is 1. The molecule has 37 heavy (non-hydrogen) atoms. The molecule has 1 aliphatic heterocycles. The first-order chi connectivity index (χ1) is 17.8. The predicted octanol–water partition coefficient (Wildman–Crippen LogP) is 3.90. The zero-order valence-corrected chi connectivity index (χ0v) is 22.0. The van der Waals surface area contributed by atoms with Crippen LogP contribution in [0.4, 0.5) is 0 Å². The fraction of sp³-hybridized carbons (Fsp3) is 0.222. The fourth-order valence-corrected chi connectivity index (χ4v) is 6.80. The van der Waals surface area contributed by atoms with E-state index in [4.69, 9.17) is 4.74 Å². The molecule has 0 radical (unpaired) electrons. The smallest absolute Gasteiger partial charge is 0.338 e. The fourth-order valence-electron chi connectivity index (χ4n) is 4.33. The molecule has 1 aromatic heterocycles. The first kappa shape index (κ1) is 25.1. The van der Waals surface area contributed by atoms with Gasteiger partial charge in [0.05, 0.1) is 27.3 Å². The molecule has 0 saturated carbocycles. The summed E-state index contributed by atoms with van der Waals surface area (Å²) in [6.45, 7) is 2.78. The number of hydrogen-bond donors (Lipinski definition) is 0. The van der Waals surface area contributed by atoms with E-state index in [2.05, 4.69) is 4.99 Å². The van der Waals surface area contributed by atoms with E-state index in [0.29, 0.717) is 29.9 Å². The van der Waals surface area contributed by atoms with Crippen LogP contribution in [0.2, 0.25) is 0 Å². The predicted molar refractivity (Wildman–Crippen MR) is 141 cm³/mol. The van der Waals surface area contributed by atoms with Crippen molar-refractivity contribution in [1.29, 1.82) is 0 Å². The van der Waals surface area contributed by atoms with Crippen LogP contribution in [0.5, 0.6) is 0 Å². The lowest BCUT2D eigenvalue weighted by molar-refractivity contribution is 0.0526. The van der Waals surface area contributed by atoms with Crippen molar-refractivity contribution in [2.24, 2.45) is 12.0 Å². The summed E-state index contributed by atoms with van der Waals surface area (Å²) in [5.41, 5.74) is 3.72. The van der Waals surface area contributed by atoms with Gasteiger partial charge in [-0.2, -0.15) is 9.30 Å². The number of carbonyl (C=O) groups excluding carboxylic acids is 2. The van der Waals surface area contributed by atoms with E-state index in [0.717, 1.165) is 15.8 Å². The van der Waals surface area contributed by atoms with Crippen LogP contribution in [-0.4, -0.2) is 42.3 Å². The van der Waals surface area contributed by atoms with Crippen LogP contribution in [0, 0.1) is 0 Å². The van der Waals surface area contributed by atoms with Gasteiger partial charge in [0.1, 0.15) is 0 Å². The second-order valence-corrected chi connectivity index (χ2v) is 11.6. The van der Waals surface area contributed by atoms with Crippen LogP contribution in [0.15, 0.2) is 76.6 Å². The molecule has 3 aromatic carbocycles. The van der Waals surface area contributed by atoms with Crippen molar-refractivity contribution >= 4 is 43.5 Å². The number of ether oxygens (including phenoxy) is 1. The Balaban J connectivity index is 1.38. The molecule has 4 aromatic rings. The maximum absolute atomic E-state index is 13.2. The summed E-state index contributed by atoms with van der Waals surface area (Å²) in [5, 5.41) is 0. The molecular weight excluding hydrogens is 510 g/mol. The first-order valence-corrected chi connectivity index (χ1v) is 14.1. The number of aromatic nitrogens is 1. The number of esters is 1. The number of aryl methyl sites for hydroxylation is 1. The molecule has 10 heteroatoms. The van der Waals surface area contributed by atoms with Gasteiger partial charge in [-0.05, 0) is 66.9 Å². The Kier molecular flexibility index (Phi) is 6.80. The van der Waals surface area contributed by atoms with Crippen molar-refractivity contribution in [1.82, 2.24) is 8.87 Å². The molecule has 0 saturated heterocycles. The van der Waals surface area contributed by atoms with E-state index in [1.807, 2.05) is 24.3 Å². The number of carbonyl (C=O) groups is 2. The number of benzene rings is 3. The number of rotatable bonds is 5. The Morgan fingerprint density at radius 1 is 1.00 bits per heavy atom. The first-order valence-electron chi connectivity index (χ1n) is 11.8. The van der Waals surface area contributed by atoms with Crippen LogP contribution in [0.25, 0.3) is 10.2 Å². The third-order valence-electron chi connectivity index (χ3n) is 6.35. The normalized spacial score (nSPS) is 14.5. The topological polar surface area (TPSA) is 98.0 Å². The second-order valence-electron chi connectivity index (χ2n) is 8.65. The van der Waals surface area contributed by atoms with Gasteiger partial charge in [0, 0.05) is 25.7 Å². The summed E-state index contributed by atoms with van der Waals surface area (Å²) in [5.74, 6) is -0.887. The largest absolute Gasteiger partial charge is 0.462 e.